The number of hydrogen-bond acceptors (Lipinski definition) is 3. The van der Waals surface area contributed by atoms with Gasteiger partial charge in [0.15, 0.2) is 0 Å². The quantitative estimate of drug-likeness (QED) is 0.754. The summed E-state index contributed by atoms with van der Waals surface area (Å²) < 4.78 is 5.59. The lowest BCUT2D eigenvalue weighted by Gasteiger charge is -2.12. The Morgan fingerprint density at radius 1 is 1.15 bits per heavy atom. The number of nitrogens with one attached hydrogen (secondary N) is 1. The molecule has 2 aromatic carbocycles. The van der Waals surface area contributed by atoms with Crippen molar-refractivity contribution >= 4 is 40.3 Å². The van der Waals surface area contributed by atoms with Crippen LogP contribution in [0.1, 0.15) is 13.3 Å². The maximum absolute atomic E-state index is 6.13. The molecule has 0 fully saturated rings. The Labute approximate surface area is 128 Å². The van der Waals surface area contributed by atoms with Gasteiger partial charge in [-0.2, -0.15) is 0 Å². The van der Waals surface area contributed by atoms with Crippen molar-refractivity contribution in [2.75, 3.05) is 17.7 Å². The minimum absolute atomic E-state index is 0.552. The highest BCUT2D eigenvalue weighted by Crippen LogP contribution is 2.30. The van der Waals surface area contributed by atoms with Crippen LogP contribution in [-0.2, 0) is 0 Å². The summed E-state index contributed by atoms with van der Waals surface area (Å²) >= 11 is 12.0. The standard InChI is InChI=1S/C15H16Cl2N2O/c1-2-5-20-13-8-11(18)7-12(9-13)19-15-4-3-10(16)6-14(15)17/h3-4,6-9,19H,2,5,18H2,1H3. The fourth-order valence-corrected chi connectivity index (χ4v) is 2.20. The second-order valence-corrected chi connectivity index (χ2v) is 5.23. The normalized spacial score (nSPS) is 10.3. The van der Waals surface area contributed by atoms with E-state index in [0.29, 0.717) is 22.3 Å². The van der Waals surface area contributed by atoms with E-state index in [4.69, 9.17) is 33.7 Å². The molecular formula is C15H16Cl2N2O. The lowest BCUT2D eigenvalue weighted by Crippen LogP contribution is -1.98. The molecule has 2 rings (SSSR count). The molecule has 0 aliphatic heterocycles. The average molecular weight is 311 g/mol. The van der Waals surface area contributed by atoms with Crippen molar-refractivity contribution in [2.24, 2.45) is 0 Å². The highest BCUT2D eigenvalue weighted by Gasteiger charge is 2.04. The molecule has 106 valence electrons. The van der Waals surface area contributed by atoms with E-state index in [2.05, 4.69) is 12.2 Å². The zero-order valence-corrected chi connectivity index (χ0v) is 12.6. The molecule has 0 aromatic heterocycles. The second kappa shape index (κ2) is 6.73. The van der Waals surface area contributed by atoms with Crippen LogP contribution in [0.2, 0.25) is 10.0 Å². The van der Waals surface area contributed by atoms with E-state index in [9.17, 15) is 0 Å². The Bertz CT molecular complexity index is 602. The largest absolute Gasteiger partial charge is 0.493 e. The number of anilines is 3. The molecule has 0 amide bonds. The van der Waals surface area contributed by atoms with Crippen molar-refractivity contribution in [3.05, 3.63) is 46.4 Å². The van der Waals surface area contributed by atoms with Gasteiger partial charge in [-0.1, -0.05) is 30.1 Å². The number of nitrogens with two attached hydrogens (primary N) is 1. The van der Waals surface area contributed by atoms with Crippen molar-refractivity contribution in [1.82, 2.24) is 0 Å². The van der Waals surface area contributed by atoms with E-state index in [-0.39, 0.29) is 0 Å². The van der Waals surface area contributed by atoms with Gasteiger partial charge in [-0.25, -0.2) is 0 Å². The molecule has 0 spiro atoms. The molecule has 0 atom stereocenters. The zero-order chi connectivity index (χ0) is 14.5. The van der Waals surface area contributed by atoms with Gasteiger partial charge in [0.25, 0.3) is 0 Å². The van der Waals surface area contributed by atoms with Crippen molar-refractivity contribution in [2.45, 2.75) is 13.3 Å². The number of hydrogen-bond donors (Lipinski definition) is 2. The maximum atomic E-state index is 6.13. The lowest BCUT2D eigenvalue weighted by molar-refractivity contribution is 0.318. The fraction of sp³-hybridized carbons (Fsp3) is 0.200. The minimum Gasteiger partial charge on any atom is -0.493 e. The smallest absolute Gasteiger partial charge is 0.123 e. The molecule has 0 heterocycles. The van der Waals surface area contributed by atoms with Gasteiger partial charge in [0.1, 0.15) is 5.75 Å². The summed E-state index contributed by atoms with van der Waals surface area (Å²) in [4.78, 5) is 0. The SMILES string of the molecule is CCCOc1cc(N)cc(Nc2ccc(Cl)cc2Cl)c1. The van der Waals surface area contributed by atoms with Crippen molar-refractivity contribution < 1.29 is 4.74 Å². The molecule has 0 aliphatic rings. The minimum atomic E-state index is 0.552. The highest BCUT2D eigenvalue weighted by atomic mass is 35.5. The molecule has 3 nitrogen and oxygen atoms in total. The van der Waals surface area contributed by atoms with E-state index in [1.807, 2.05) is 18.2 Å². The van der Waals surface area contributed by atoms with Crippen LogP contribution < -0.4 is 15.8 Å². The number of ether oxygens (including phenoxy) is 1. The van der Waals surface area contributed by atoms with Crippen molar-refractivity contribution in [3.63, 3.8) is 0 Å². The highest BCUT2D eigenvalue weighted by molar-refractivity contribution is 6.36. The van der Waals surface area contributed by atoms with Gasteiger partial charge in [0.05, 0.1) is 17.3 Å². The summed E-state index contributed by atoms with van der Waals surface area (Å²) in [6, 6.07) is 10.8. The molecule has 3 N–H and O–H groups in total. The molecule has 0 unspecified atom stereocenters. The predicted octanol–water partition coefficient (Wildman–Crippen LogP) is 5.11. The number of benzene rings is 2. The molecule has 5 heteroatoms. The first-order valence-corrected chi connectivity index (χ1v) is 7.09. The van der Waals surface area contributed by atoms with Crippen molar-refractivity contribution in [1.29, 1.82) is 0 Å². The Morgan fingerprint density at radius 2 is 1.95 bits per heavy atom. The Balaban J connectivity index is 2.21. The molecule has 0 aliphatic carbocycles. The number of nitrogen functional groups attached to an aromatic ring is 1. The summed E-state index contributed by atoms with van der Waals surface area (Å²) in [5.74, 6) is 0.736. The van der Waals surface area contributed by atoms with Crippen LogP contribution in [0.25, 0.3) is 0 Å². The van der Waals surface area contributed by atoms with E-state index in [1.165, 1.54) is 0 Å². The molecule has 0 saturated heterocycles. The first-order valence-electron chi connectivity index (χ1n) is 6.34. The molecule has 2 aromatic rings. The van der Waals surface area contributed by atoms with Gasteiger partial charge in [-0.3, -0.25) is 0 Å². The predicted molar refractivity (Wildman–Crippen MR) is 86.4 cm³/mol. The maximum Gasteiger partial charge on any atom is 0.123 e. The van der Waals surface area contributed by atoms with Crippen LogP contribution in [0.15, 0.2) is 36.4 Å². The lowest BCUT2D eigenvalue weighted by atomic mass is 10.2. The summed E-state index contributed by atoms with van der Waals surface area (Å²) in [6.45, 7) is 2.71. The van der Waals surface area contributed by atoms with Gasteiger partial charge in [-0.05, 0) is 30.7 Å². The molecular weight excluding hydrogens is 295 g/mol. The summed E-state index contributed by atoms with van der Waals surface area (Å²) in [6.07, 6.45) is 0.945. The Kier molecular flexibility index (Phi) is 4.99. The van der Waals surface area contributed by atoms with Gasteiger partial charge in [0, 0.05) is 28.5 Å². The Morgan fingerprint density at radius 3 is 2.65 bits per heavy atom. The Hall–Kier alpha value is -1.58. The number of rotatable bonds is 5. The zero-order valence-electron chi connectivity index (χ0n) is 11.1. The van der Waals surface area contributed by atoms with Crippen LogP contribution >= 0.6 is 23.2 Å². The van der Waals surface area contributed by atoms with Crippen LogP contribution in [0.4, 0.5) is 17.1 Å². The van der Waals surface area contributed by atoms with E-state index in [0.717, 1.165) is 23.5 Å². The first kappa shape index (κ1) is 14.8. The van der Waals surface area contributed by atoms with Crippen LogP contribution in [0.3, 0.4) is 0 Å². The van der Waals surface area contributed by atoms with Gasteiger partial charge in [0.2, 0.25) is 0 Å². The average Bonchev–Trinajstić information content (AvgIpc) is 2.39. The van der Waals surface area contributed by atoms with Gasteiger partial charge in [-0.15, -0.1) is 0 Å². The third-order valence-electron chi connectivity index (χ3n) is 2.61. The fourth-order valence-electron chi connectivity index (χ4n) is 1.74. The third-order valence-corrected chi connectivity index (χ3v) is 3.16. The molecule has 20 heavy (non-hydrogen) atoms. The summed E-state index contributed by atoms with van der Waals surface area (Å²) in [5, 5.41) is 4.36. The van der Waals surface area contributed by atoms with Crippen molar-refractivity contribution in [3.8, 4) is 5.75 Å². The summed E-state index contributed by atoms with van der Waals surface area (Å²) in [5.41, 5.74) is 8.09. The van der Waals surface area contributed by atoms with E-state index < -0.39 is 0 Å². The second-order valence-electron chi connectivity index (χ2n) is 4.39. The van der Waals surface area contributed by atoms with E-state index in [1.54, 1.807) is 18.2 Å². The monoisotopic (exact) mass is 310 g/mol. The first-order chi connectivity index (χ1) is 9.58. The molecule has 0 radical (unpaired) electrons. The van der Waals surface area contributed by atoms with Gasteiger partial charge < -0.3 is 15.8 Å². The molecule has 0 saturated carbocycles. The van der Waals surface area contributed by atoms with Crippen LogP contribution in [-0.4, -0.2) is 6.61 Å². The number of halogens is 2. The van der Waals surface area contributed by atoms with Crippen LogP contribution in [0, 0.1) is 0 Å². The van der Waals surface area contributed by atoms with E-state index >= 15 is 0 Å². The third kappa shape index (κ3) is 3.95. The molecule has 0 bridgehead atoms. The topological polar surface area (TPSA) is 47.3 Å². The van der Waals surface area contributed by atoms with Gasteiger partial charge >= 0.3 is 0 Å². The van der Waals surface area contributed by atoms with Crippen LogP contribution in [0.5, 0.6) is 5.75 Å². The summed E-state index contributed by atoms with van der Waals surface area (Å²) in [7, 11) is 0.